The van der Waals surface area contributed by atoms with Gasteiger partial charge in [0.05, 0.1) is 5.69 Å². The lowest BCUT2D eigenvalue weighted by atomic mass is 10.0. The molecule has 0 unspecified atom stereocenters. The molecule has 0 spiro atoms. The zero-order chi connectivity index (χ0) is 22.9. The number of aromatic hydroxyl groups is 1. The van der Waals surface area contributed by atoms with Crippen molar-refractivity contribution in [2.24, 2.45) is 0 Å². The van der Waals surface area contributed by atoms with Crippen molar-refractivity contribution in [3.63, 3.8) is 0 Å². The van der Waals surface area contributed by atoms with Gasteiger partial charge in [-0.15, -0.1) is 0 Å². The average molecular weight is 442 g/mol. The van der Waals surface area contributed by atoms with Crippen molar-refractivity contribution in [2.75, 3.05) is 5.32 Å². The maximum Gasteiger partial charge on any atom is 0.139 e. The van der Waals surface area contributed by atoms with Crippen LogP contribution >= 0.6 is 0 Å². The molecule has 0 amide bonds. The third-order valence-electron chi connectivity index (χ3n) is 6.16. The number of pyridine rings is 1. The molecule has 2 aromatic heterocycles. The van der Waals surface area contributed by atoms with Crippen molar-refractivity contribution in [1.29, 1.82) is 0 Å². The summed E-state index contributed by atoms with van der Waals surface area (Å²) in [7, 11) is 0. The van der Waals surface area contributed by atoms with E-state index in [4.69, 9.17) is 4.98 Å². The molecule has 0 aliphatic rings. The van der Waals surface area contributed by atoms with E-state index in [1.54, 1.807) is 6.07 Å². The van der Waals surface area contributed by atoms with E-state index in [2.05, 4.69) is 46.1 Å². The van der Waals surface area contributed by atoms with Gasteiger partial charge in [0.2, 0.25) is 0 Å². The highest BCUT2D eigenvalue weighted by molar-refractivity contribution is 5.99. The first-order valence-corrected chi connectivity index (χ1v) is 11.4. The number of benzene rings is 4. The second-order valence-corrected chi connectivity index (χ2v) is 8.30. The van der Waals surface area contributed by atoms with Crippen LogP contribution in [0.3, 0.4) is 0 Å². The van der Waals surface area contributed by atoms with E-state index in [0.29, 0.717) is 6.54 Å². The van der Waals surface area contributed by atoms with Crippen LogP contribution in [0.15, 0.2) is 115 Å². The third-order valence-corrected chi connectivity index (χ3v) is 6.16. The van der Waals surface area contributed by atoms with Crippen LogP contribution in [0.1, 0.15) is 5.56 Å². The fourth-order valence-corrected chi connectivity index (χ4v) is 4.56. The molecule has 6 aromatic rings. The van der Waals surface area contributed by atoms with E-state index in [1.807, 2.05) is 72.8 Å². The molecule has 0 bridgehead atoms. The minimum absolute atomic E-state index is 0.246. The Hall–Kier alpha value is -4.57. The van der Waals surface area contributed by atoms with Crippen molar-refractivity contribution in [3.05, 3.63) is 121 Å². The highest BCUT2D eigenvalue weighted by Gasteiger charge is 2.19. The summed E-state index contributed by atoms with van der Waals surface area (Å²) in [5, 5.41) is 16.7. The number of nitrogens with zero attached hydrogens (tertiary/aromatic N) is 2. The van der Waals surface area contributed by atoms with E-state index < -0.39 is 0 Å². The fraction of sp³-hybridized carbons (Fsp3) is 0.0333. The lowest BCUT2D eigenvalue weighted by Gasteiger charge is -2.15. The van der Waals surface area contributed by atoms with Crippen LogP contribution in [0.25, 0.3) is 38.9 Å². The summed E-state index contributed by atoms with van der Waals surface area (Å²) in [4.78, 5) is 5.01. The van der Waals surface area contributed by atoms with Gasteiger partial charge in [0, 0.05) is 17.7 Å². The number of nitrogens with one attached hydrogen (secondary N) is 1. The number of hydrogen-bond acceptors (Lipinski definition) is 3. The number of aromatic nitrogens is 2. The average Bonchev–Trinajstić information content (AvgIpc) is 3.27. The summed E-state index contributed by atoms with van der Waals surface area (Å²) < 4.78 is 2.12. The molecule has 2 heterocycles. The molecule has 0 saturated heterocycles. The second kappa shape index (κ2) is 8.41. The zero-order valence-corrected chi connectivity index (χ0v) is 18.5. The highest BCUT2D eigenvalue weighted by Crippen LogP contribution is 2.39. The quantitative estimate of drug-likeness (QED) is 0.299. The molecule has 0 aliphatic heterocycles. The number of phenolic OH excluding ortho intramolecular Hbond substituents is 1. The number of hydrogen-bond donors (Lipinski definition) is 2. The molecule has 4 nitrogen and oxygen atoms in total. The number of anilines is 1. The topological polar surface area (TPSA) is 49.6 Å². The zero-order valence-electron chi connectivity index (χ0n) is 18.5. The molecule has 0 saturated carbocycles. The summed E-state index contributed by atoms with van der Waals surface area (Å²) >= 11 is 0. The van der Waals surface area contributed by atoms with Crippen molar-refractivity contribution < 1.29 is 5.11 Å². The van der Waals surface area contributed by atoms with Crippen molar-refractivity contribution in [3.8, 4) is 28.3 Å². The van der Waals surface area contributed by atoms with E-state index in [0.717, 1.165) is 44.8 Å². The summed E-state index contributed by atoms with van der Waals surface area (Å²) in [6, 6.07) is 38.4. The van der Waals surface area contributed by atoms with E-state index in [-0.39, 0.29) is 5.75 Å². The highest BCUT2D eigenvalue weighted by atomic mass is 16.3. The number of fused-ring (bicyclic) bond motifs is 2. The lowest BCUT2D eigenvalue weighted by Crippen LogP contribution is -2.05. The van der Waals surface area contributed by atoms with Crippen LogP contribution in [-0.2, 0) is 6.54 Å². The normalized spacial score (nSPS) is 11.2. The number of phenols is 1. The Morgan fingerprint density at radius 3 is 2.26 bits per heavy atom. The molecule has 4 heteroatoms. The first kappa shape index (κ1) is 20.1. The first-order chi connectivity index (χ1) is 16.8. The maximum absolute atomic E-state index is 11.0. The molecule has 6 rings (SSSR count). The molecule has 0 atom stereocenters. The summed E-state index contributed by atoms with van der Waals surface area (Å²) in [6.45, 7) is 0.657. The molecular formula is C30H23N3O. The Balaban J connectivity index is 1.62. The molecule has 164 valence electrons. The minimum atomic E-state index is 0.246. The molecule has 0 fully saturated rings. The van der Waals surface area contributed by atoms with E-state index in [1.165, 1.54) is 5.56 Å². The van der Waals surface area contributed by atoms with Crippen LogP contribution in [0.2, 0.25) is 0 Å². The fourth-order valence-electron chi connectivity index (χ4n) is 4.56. The predicted octanol–water partition coefficient (Wildman–Crippen LogP) is 7.14. The van der Waals surface area contributed by atoms with Gasteiger partial charge in [-0.3, -0.25) is 4.40 Å². The molecule has 0 aliphatic carbocycles. The molecule has 2 N–H and O–H groups in total. The van der Waals surface area contributed by atoms with Crippen LogP contribution < -0.4 is 5.32 Å². The predicted molar refractivity (Wildman–Crippen MR) is 139 cm³/mol. The summed E-state index contributed by atoms with van der Waals surface area (Å²) in [5.41, 5.74) is 5.60. The van der Waals surface area contributed by atoms with Gasteiger partial charge < -0.3 is 10.4 Å². The standard InChI is InChI=1S/C30H23N3O/c34-26-19-18-22-12-7-8-15-24(22)28(26)25-16-9-17-27-32-29(23-13-5-2-6-14-23)30(33(25)27)31-20-21-10-3-1-4-11-21/h1-19,31,34H,20H2. The van der Waals surface area contributed by atoms with Crippen LogP contribution in [-0.4, -0.2) is 14.5 Å². The van der Waals surface area contributed by atoms with Crippen LogP contribution in [0.4, 0.5) is 5.82 Å². The SMILES string of the molecule is Oc1ccc2ccccc2c1-c1cccc2nc(-c3ccccc3)c(NCc3ccccc3)n12. The minimum Gasteiger partial charge on any atom is -0.507 e. The van der Waals surface area contributed by atoms with E-state index in [9.17, 15) is 5.11 Å². The Bertz CT molecular complexity index is 1610. The van der Waals surface area contributed by atoms with Gasteiger partial charge in [-0.25, -0.2) is 4.98 Å². The lowest BCUT2D eigenvalue weighted by molar-refractivity contribution is 0.478. The van der Waals surface area contributed by atoms with Crippen molar-refractivity contribution in [2.45, 2.75) is 6.54 Å². The molecule has 34 heavy (non-hydrogen) atoms. The van der Waals surface area contributed by atoms with Crippen molar-refractivity contribution in [1.82, 2.24) is 9.38 Å². The monoisotopic (exact) mass is 441 g/mol. The second-order valence-electron chi connectivity index (χ2n) is 8.30. The smallest absolute Gasteiger partial charge is 0.139 e. The van der Waals surface area contributed by atoms with Crippen molar-refractivity contribution >= 4 is 22.2 Å². The van der Waals surface area contributed by atoms with Gasteiger partial charge in [0.1, 0.15) is 22.9 Å². The Labute approximate surface area is 197 Å². The number of imidazole rings is 1. The van der Waals surface area contributed by atoms with E-state index >= 15 is 0 Å². The van der Waals surface area contributed by atoms with Gasteiger partial charge in [-0.05, 0) is 34.5 Å². The first-order valence-electron chi connectivity index (χ1n) is 11.4. The van der Waals surface area contributed by atoms with Gasteiger partial charge >= 0.3 is 0 Å². The summed E-state index contributed by atoms with van der Waals surface area (Å²) in [6.07, 6.45) is 0. The molecular weight excluding hydrogens is 418 g/mol. The molecule has 4 aromatic carbocycles. The Kier molecular flexibility index (Phi) is 4.96. The van der Waals surface area contributed by atoms with Gasteiger partial charge in [0.15, 0.2) is 0 Å². The van der Waals surface area contributed by atoms with Gasteiger partial charge in [0.25, 0.3) is 0 Å². The maximum atomic E-state index is 11.0. The van der Waals surface area contributed by atoms with Crippen LogP contribution in [0.5, 0.6) is 5.75 Å². The molecule has 0 radical (unpaired) electrons. The Morgan fingerprint density at radius 2 is 1.44 bits per heavy atom. The van der Waals surface area contributed by atoms with Gasteiger partial charge in [-0.2, -0.15) is 0 Å². The summed E-state index contributed by atoms with van der Waals surface area (Å²) in [5.74, 6) is 1.14. The Morgan fingerprint density at radius 1 is 0.706 bits per heavy atom. The van der Waals surface area contributed by atoms with Gasteiger partial charge in [-0.1, -0.05) is 97.1 Å². The third kappa shape index (κ3) is 3.46. The van der Waals surface area contributed by atoms with Crippen LogP contribution in [0, 0.1) is 0 Å². The largest absolute Gasteiger partial charge is 0.507 e. The number of rotatable bonds is 5.